The number of nitrogens with zero attached hydrogens (tertiary/aromatic N) is 12. The maximum Gasteiger partial charge on any atom is 0.320 e. The number of fused-ring (bicyclic) bond motifs is 6. The molecule has 110 heavy (non-hydrogen) atoms. The van der Waals surface area contributed by atoms with Gasteiger partial charge in [0, 0.05) is 49.3 Å². The van der Waals surface area contributed by atoms with Crippen LogP contribution in [-0.2, 0) is 61.8 Å². The van der Waals surface area contributed by atoms with E-state index >= 15 is 0 Å². The van der Waals surface area contributed by atoms with E-state index in [9.17, 15) is 28.8 Å². The molecule has 38 heteroatoms. The van der Waals surface area contributed by atoms with Crippen molar-refractivity contribution in [3.05, 3.63) is 152 Å². The summed E-state index contributed by atoms with van der Waals surface area (Å²) in [6.45, 7) is 4.48. The van der Waals surface area contributed by atoms with E-state index in [1.165, 1.54) is 19.0 Å². The van der Waals surface area contributed by atoms with Gasteiger partial charge < -0.3 is 84.2 Å². The molecular formula is C72H80N20O18. The van der Waals surface area contributed by atoms with Crippen LogP contribution in [0.1, 0.15) is 100 Å². The first-order valence-corrected chi connectivity index (χ1v) is 36.2. The molecule has 6 saturated heterocycles. The second-order valence-corrected chi connectivity index (χ2v) is 26.7. The lowest BCUT2D eigenvalue weighted by Gasteiger charge is -2.21. The standard InChI is InChI=1S/C25H27N7O6.C24H28N6O6.C23H25N7O6/c33-17(34)11-26-10-16-20-21(38-18(37-20)9-6-14-4-2-1-3-5-14)24(36-16)32-13-29-19-22(27-12-28-23(19)32)31-25(35)30-15-7-8-15;1-3-25-24(32)29-20-17-21(27-12-26-20)30(13-28-17)22-19-18(15(34-22)10-11-16(31)33-4-2)35-23(36-19)14-8-6-5-7-9-14;31-15(32)9-24-8-14-17-18(36-22(35-17)12-4-2-1-3-5-12)21(34-14)30-11-27-16-19(25-10-26-20(16)30)29-23(33)28-13-6-7-13/h1-6,9,12-13,15-16,18,20-21,24,26H,7-8,10-11H2,(H,33,34)(H2,27,28,30,31,35);5-9,12-13,15,18-19,22-23H,3-4,10-11H2,1-2H3,(H2,25,26,27,29,32);1-5,10-11,13-14,17-18,21-22,24H,6-9H2,(H,31,32)(H2,25,26,28,29,33)/b9-6+;;/t16?,18-,20?,21?,24?;15?,18?,19?,22?,23-;14?,17?,18?,21?,22-/m000/s1. The van der Waals surface area contributed by atoms with E-state index in [1.807, 2.05) is 110 Å². The molecule has 2 aliphatic carbocycles. The van der Waals surface area contributed by atoms with Crippen molar-refractivity contribution in [1.29, 1.82) is 0 Å². The molecule has 8 fully saturated rings. The molecule has 576 valence electrons. The minimum absolute atomic E-state index is 0.196. The average Bonchev–Trinajstić information content (AvgIpc) is 1.60. The molecule has 6 amide bonds. The minimum atomic E-state index is -0.966. The van der Waals surface area contributed by atoms with Crippen LogP contribution >= 0.6 is 0 Å². The normalized spacial score (nSPS) is 26.3. The number of aromatic nitrogens is 12. The fraction of sp³-hybridized carbons (Fsp3) is 0.431. The molecular weight excluding hydrogens is 1430 g/mol. The fourth-order valence-electron chi connectivity index (χ4n) is 13.6. The van der Waals surface area contributed by atoms with Gasteiger partial charge in [-0.25, -0.2) is 59.2 Å². The highest BCUT2D eigenvalue weighted by Gasteiger charge is 2.57. The lowest BCUT2D eigenvalue weighted by Crippen LogP contribution is -2.38. The van der Waals surface area contributed by atoms with E-state index in [2.05, 4.69) is 87.4 Å². The van der Waals surface area contributed by atoms with Crippen LogP contribution in [0.2, 0.25) is 0 Å². The second kappa shape index (κ2) is 33.8. The Kier molecular flexibility index (Phi) is 22.8. The Morgan fingerprint density at radius 2 is 0.882 bits per heavy atom. The van der Waals surface area contributed by atoms with E-state index < -0.39 is 104 Å². The average molecular weight is 1510 g/mol. The maximum absolute atomic E-state index is 12.3. The molecule has 15 atom stereocenters. The highest BCUT2D eigenvalue weighted by molar-refractivity contribution is 5.98. The molecule has 17 rings (SSSR count). The van der Waals surface area contributed by atoms with Crippen LogP contribution in [0.5, 0.6) is 0 Å². The molecule has 0 bridgehead atoms. The van der Waals surface area contributed by atoms with Crippen molar-refractivity contribution in [3.63, 3.8) is 0 Å². The van der Waals surface area contributed by atoms with Crippen LogP contribution < -0.4 is 42.5 Å². The van der Waals surface area contributed by atoms with Gasteiger partial charge >= 0.3 is 36.0 Å². The predicted molar refractivity (Wildman–Crippen MR) is 384 cm³/mol. The Balaban J connectivity index is 0.000000131. The third kappa shape index (κ3) is 17.1. The molecule has 6 aromatic heterocycles. The minimum Gasteiger partial charge on any atom is -0.480 e. The van der Waals surface area contributed by atoms with E-state index in [0.29, 0.717) is 53.1 Å². The smallest absolute Gasteiger partial charge is 0.320 e. The van der Waals surface area contributed by atoms with Crippen molar-refractivity contribution in [3.8, 4) is 0 Å². The first-order chi connectivity index (χ1) is 53.7. The van der Waals surface area contributed by atoms with Crippen molar-refractivity contribution in [2.75, 3.05) is 55.3 Å². The summed E-state index contributed by atoms with van der Waals surface area (Å²) in [6, 6.07) is 28.3. The molecule has 6 aliphatic heterocycles. The molecule has 3 aromatic carbocycles. The summed E-state index contributed by atoms with van der Waals surface area (Å²) in [4.78, 5) is 110. The van der Waals surface area contributed by atoms with Crippen molar-refractivity contribution < 1.29 is 86.3 Å². The lowest BCUT2D eigenvalue weighted by molar-refractivity contribution is -0.153. The zero-order valence-electron chi connectivity index (χ0n) is 59.4. The molecule has 10 N–H and O–H groups in total. The van der Waals surface area contributed by atoms with Crippen molar-refractivity contribution in [2.45, 2.75) is 157 Å². The van der Waals surface area contributed by atoms with E-state index in [1.54, 1.807) is 39.6 Å². The number of rotatable bonds is 25. The van der Waals surface area contributed by atoms with Crippen LogP contribution in [0.15, 0.2) is 135 Å². The molecule has 0 radical (unpaired) electrons. The summed E-state index contributed by atoms with van der Waals surface area (Å²) in [5.74, 6) is -1.36. The third-order valence-corrected chi connectivity index (χ3v) is 18.9. The Hall–Kier alpha value is -11.2. The lowest BCUT2D eigenvalue weighted by atomic mass is 10.1. The van der Waals surface area contributed by atoms with Gasteiger partial charge in [0.05, 0.1) is 44.8 Å². The van der Waals surface area contributed by atoms with Crippen LogP contribution in [0.3, 0.4) is 0 Å². The summed E-state index contributed by atoms with van der Waals surface area (Å²) in [5.41, 5.74) is 5.39. The first-order valence-electron chi connectivity index (χ1n) is 36.2. The van der Waals surface area contributed by atoms with Crippen LogP contribution in [0.25, 0.3) is 39.6 Å². The zero-order valence-corrected chi connectivity index (χ0v) is 59.4. The van der Waals surface area contributed by atoms with Gasteiger partial charge in [-0.2, -0.15) is 0 Å². The Bertz CT molecular complexity index is 4770. The number of aliphatic carboxylic acids is 2. The number of hydrogen-bond donors (Lipinski definition) is 10. The van der Waals surface area contributed by atoms with E-state index in [0.717, 1.165) is 42.4 Å². The quantitative estimate of drug-likeness (QED) is 0.0322. The summed E-state index contributed by atoms with van der Waals surface area (Å²) >= 11 is 0. The molecule has 8 aliphatic rings. The highest BCUT2D eigenvalue weighted by atomic mass is 16.8. The number of carbonyl (C=O) groups is 6. The zero-order chi connectivity index (χ0) is 75.8. The molecule has 12 unspecified atom stereocenters. The Morgan fingerprint density at radius 1 is 0.482 bits per heavy atom. The summed E-state index contributed by atoms with van der Waals surface area (Å²) in [7, 11) is 0. The monoisotopic (exact) mass is 1510 g/mol. The van der Waals surface area contributed by atoms with Gasteiger partial charge in [0.15, 0.2) is 88.5 Å². The summed E-state index contributed by atoms with van der Waals surface area (Å²) in [5, 5.41) is 40.4. The number of esters is 1. The number of urea groups is 3. The Labute approximate surface area is 626 Å². The van der Waals surface area contributed by atoms with Crippen molar-refractivity contribution in [2.24, 2.45) is 0 Å². The number of benzene rings is 3. The summed E-state index contributed by atoms with van der Waals surface area (Å²) in [6.07, 6.45) is 9.09. The Morgan fingerprint density at radius 3 is 1.32 bits per heavy atom. The first kappa shape index (κ1) is 74.3. The SMILES string of the molecule is CCNC(=O)Nc1ncnc2c1ncn2C1OC(CCC(=O)OCC)C2O[C@H](c3ccccc3)OC21.O=C(O)CNCC1OC(n2cnc3c(NC(=O)NC4CC4)ncnc32)C2O[C@@H](/C=C/c3ccccc3)OC12.O=C(O)CNCC1OC(n2cnc3c(NC(=O)NC4CC4)ncnc32)C2O[C@@H](c3ccccc3)OC12. The van der Waals surface area contributed by atoms with E-state index in [4.69, 9.17) is 57.6 Å². The van der Waals surface area contributed by atoms with Crippen LogP contribution in [0, 0.1) is 0 Å². The van der Waals surface area contributed by atoms with Gasteiger partial charge in [-0.15, -0.1) is 0 Å². The van der Waals surface area contributed by atoms with Gasteiger partial charge in [-0.3, -0.25) is 44.0 Å². The molecule has 12 heterocycles. The summed E-state index contributed by atoms with van der Waals surface area (Å²) < 4.78 is 66.8. The molecule has 9 aromatic rings. The highest BCUT2D eigenvalue weighted by Crippen LogP contribution is 2.48. The number of amides is 6. The van der Waals surface area contributed by atoms with Gasteiger partial charge in [0.2, 0.25) is 0 Å². The molecule has 38 nitrogen and oxygen atoms in total. The fourth-order valence-corrected chi connectivity index (χ4v) is 13.6. The number of carbonyl (C=O) groups excluding carboxylic acids is 4. The number of nitrogens with one attached hydrogen (secondary N) is 8. The largest absolute Gasteiger partial charge is 0.480 e. The number of ether oxygens (including phenoxy) is 10. The van der Waals surface area contributed by atoms with Crippen molar-refractivity contribution in [1.82, 2.24) is 85.1 Å². The third-order valence-electron chi connectivity index (χ3n) is 18.9. The molecule has 2 saturated carbocycles. The van der Waals surface area contributed by atoms with Crippen LogP contribution in [0.4, 0.5) is 31.8 Å². The van der Waals surface area contributed by atoms with Crippen LogP contribution in [-0.4, -0.2) is 217 Å². The number of hydrogen-bond acceptors (Lipinski definition) is 27. The second-order valence-electron chi connectivity index (χ2n) is 26.7. The number of carboxylic acid groups (broad SMARTS) is 2. The number of anilines is 3. The predicted octanol–water partition coefficient (Wildman–Crippen LogP) is 5.36. The number of imidazole rings is 3. The van der Waals surface area contributed by atoms with E-state index in [-0.39, 0.29) is 86.2 Å². The van der Waals surface area contributed by atoms with Gasteiger partial charge in [0.25, 0.3) is 0 Å². The molecule has 0 spiro atoms. The van der Waals surface area contributed by atoms with Crippen molar-refractivity contribution >= 4 is 93.0 Å². The topological polar surface area (TPSA) is 462 Å². The maximum atomic E-state index is 12.3. The van der Waals surface area contributed by atoms with Gasteiger partial charge in [-0.05, 0) is 57.6 Å². The van der Waals surface area contributed by atoms with Gasteiger partial charge in [-0.1, -0.05) is 97.1 Å². The van der Waals surface area contributed by atoms with Gasteiger partial charge in [0.1, 0.15) is 67.8 Å². The number of carboxylic acids is 2.